The molecule has 0 aromatic heterocycles. The fourth-order valence-electron chi connectivity index (χ4n) is 5.61. The predicted octanol–water partition coefficient (Wildman–Crippen LogP) is 4.12. The molecule has 0 spiro atoms. The summed E-state index contributed by atoms with van der Waals surface area (Å²) in [4.78, 5) is 24.5. The van der Waals surface area contributed by atoms with Gasteiger partial charge in [0.1, 0.15) is 6.61 Å². The van der Waals surface area contributed by atoms with Crippen molar-refractivity contribution < 1.29 is 19.1 Å². The monoisotopic (exact) mass is 342 g/mol. The van der Waals surface area contributed by atoms with Gasteiger partial charge in [0.15, 0.2) is 0 Å². The van der Waals surface area contributed by atoms with E-state index >= 15 is 0 Å². The fraction of sp³-hybridized carbons (Fsp3) is 0.619. The van der Waals surface area contributed by atoms with E-state index in [-0.39, 0.29) is 24.0 Å². The van der Waals surface area contributed by atoms with Crippen molar-refractivity contribution in [2.45, 2.75) is 52.1 Å². The molecule has 25 heavy (non-hydrogen) atoms. The number of benzene rings is 1. The Hall–Kier alpha value is -1.84. The van der Waals surface area contributed by atoms with Gasteiger partial charge in [-0.2, -0.15) is 0 Å². The van der Waals surface area contributed by atoms with Crippen LogP contribution in [-0.4, -0.2) is 18.5 Å². The van der Waals surface area contributed by atoms with Crippen LogP contribution >= 0.6 is 0 Å². The van der Waals surface area contributed by atoms with Crippen molar-refractivity contribution in [3.05, 3.63) is 35.4 Å². The van der Waals surface area contributed by atoms with Gasteiger partial charge in [0.25, 0.3) is 0 Å². The summed E-state index contributed by atoms with van der Waals surface area (Å²) in [7, 11) is 0. The molecule has 0 atom stereocenters. The Labute approximate surface area is 148 Å². The van der Waals surface area contributed by atoms with E-state index in [1.807, 2.05) is 12.1 Å². The lowest BCUT2D eigenvalue weighted by Gasteiger charge is -2.55. The third-order valence-corrected chi connectivity index (χ3v) is 6.31. The van der Waals surface area contributed by atoms with Crippen molar-refractivity contribution in [2.75, 3.05) is 6.61 Å². The molecule has 0 N–H and O–H groups in total. The Kier molecular flexibility index (Phi) is 4.30. The summed E-state index contributed by atoms with van der Waals surface area (Å²) in [5.41, 5.74) is 1.23. The molecular formula is C21H26O4. The molecule has 0 unspecified atom stereocenters. The molecule has 0 saturated heterocycles. The summed E-state index contributed by atoms with van der Waals surface area (Å²) in [6, 6.07) is 7.12. The van der Waals surface area contributed by atoms with E-state index in [0.29, 0.717) is 12.2 Å². The summed E-state index contributed by atoms with van der Waals surface area (Å²) >= 11 is 0. The molecule has 0 radical (unpaired) electrons. The van der Waals surface area contributed by atoms with Gasteiger partial charge in [0, 0.05) is 0 Å². The summed E-state index contributed by atoms with van der Waals surface area (Å²) in [5, 5.41) is 0. The minimum atomic E-state index is -0.320. The predicted molar refractivity (Wildman–Crippen MR) is 92.8 cm³/mol. The Bertz CT molecular complexity index is 626. The van der Waals surface area contributed by atoms with E-state index in [1.54, 1.807) is 19.1 Å². The lowest BCUT2D eigenvalue weighted by Crippen LogP contribution is -2.50. The molecule has 1 aromatic carbocycles. The number of carbonyl (C=O) groups excluding carboxylic acids is 2. The molecule has 4 aliphatic carbocycles. The molecule has 0 amide bonds. The number of hydrogen-bond donors (Lipinski definition) is 0. The minimum absolute atomic E-state index is 0.000990. The molecule has 4 aliphatic rings. The SMILES string of the molecule is CCOC(=O)c1ccc(COC(=O)C23CC4CC(CC(C4)C2)C3)cc1. The average Bonchev–Trinajstić information content (AvgIpc) is 2.59. The fourth-order valence-corrected chi connectivity index (χ4v) is 5.61. The number of rotatable bonds is 5. The molecule has 0 heterocycles. The third kappa shape index (κ3) is 3.19. The molecular weight excluding hydrogens is 316 g/mol. The highest BCUT2D eigenvalue weighted by molar-refractivity contribution is 5.89. The number of esters is 2. The van der Waals surface area contributed by atoms with Crippen LogP contribution in [0.15, 0.2) is 24.3 Å². The number of ether oxygens (including phenoxy) is 2. The van der Waals surface area contributed by atoms with Crippen LogP contribution in [0.5, 0.6) is 0 Å². The maximum Gasteiger partial charge on any atom is 0.338 e. The van der Waals surface area contributed by atoms with Gasteiger partial charge in [-0.3, -0.25) is 4.79 Å². The van der Waals surface area contributed by atoms with Crippen LogP contribution in [0.1, 0.15) is 61.4 Å². The summed E-state index contributed by atoms with van der Waals surface area (Å²) in [6.07, 6.45) is 7.05. The van der Waals surface area contributed by atoms with Crippen molar-refractivity contribution in [1.82, 2.24) is 0 Å². The van der Waals surface area contributed by atoms with Crippen molar-refractivity contribution in [2.24, 2.45) is 23.2 Å². The van der Waals surface area contributed by atoms with Crippen LogP contribution in [0.4, 0.5) is 0 Å². The van der Waals surface area contributed by atoms with Gasteiger partial charge in [0.05, 0.1) is 17.6 Å². The van der Waals surface area contributed by atoms with Crippen molar-refractivity contribution in [1.29, 1.82) is 0 Å². The van der Waals surface area contributed by atoms with Gasteiger partial charge >= 0.3 is 11.9 Å². The van der Waals surface area contributed by atoms with E-state index in [0.717, 1.165) is 42.6 Å². The molecule has 4 nitrogen and oxygen atoms in total. The molecule has 4 fully saturated rings. The lowest BCUT2D eigenvalue weighted by molar-refractivity contribution is -0.172. The van der Waals surface area contributed by atoms with E-state index in [9.17, 15) is 9.59 Å². The van der Waals surface area contributed by atoms with Crippen molar-refractivity contribution in [3.8, 4) is 0 Å². The van der Waals surface area contributed by atoms with Gasteiger partial charge in [-0.15, -0.1) is 0 Å². The molecule has 5 rings (SSSR count). The average molecular weight is 342 g/mol. The number of carbonyl (C=O) groups is 2. The Morgan fingerprint density at radius 3 is 2.04 bits per heavy atom. The lowest BCUT2D eigenvalue weighted by atomic mass is 9.49. The highest BCUT2D eigenvalue weighted by Crippen LogP contribution is 2.60. The molecule has 4 saturated carbocycles. The van der Waals surface area contributed by atoms with Gasteiger partial charge in [-0.05, 0) is 80.9 Å². The Balaban J connectivity index is 1.37. The molecule has 0 aliphatic heterocycles. The Morgan fingerprint density at radius 1 is 0.960 bits per heavy atom. The molecule has 4 bridgehead atoms. The second-order valence-corrected chi connectivity index (χ2v) is 8.19. The minimum Gasteiger partial charge on any atom is -0.462 e. The van der Waals surface area contributed by atoms with Crippen LogP contribution in [0.25, 0.3) is 0 Å². The molecule has 4 heteroatoms. The van der Waals surface area contributed by atoms with Crippen molar-refractivity contribution in [3.63, 3.8) is 0 Å². The quantitative estimate of drug-likeness (QED) is 0.755. The standard InChI is InChI=1S/C21H26O4/c1-2-24-19(22)18-5-3-14(4-6-18)13-25-20(23)21-10-15-7-16(11-21)9-17(8-15)12-21/h3-6,15-17H,2,7-13H2,1H3. The second-order valence-electron chi connectivity index (χ2n) is 8.19. The maximum atomic E-state index is 12.8. The van der Waals surface area contributed by atoms with Crippen LogP contribution < -0.4 is 0 Å². The largest absolute Gasteiger partial charge is 0.462 e. The van der Waals surface area contributed by atoms with Crippen LogP contribution in [0, 0.1) is 23.2 Å². The number of hydrogen-bond acceptors (Lipinski definition) is 4. The van der Waals surface area contributed by atoms with Gasteiger partial charge in [-0.1, -0.05) is 12.1 Å². The topological polar surface area (TPSA) is 52.6 Å². The van der Waals surface area contributed by atoms with Crippen LogP contribution in [-0.2, 0) is 20.9 Å². The third-order valence-electron chi connectivity index (χ3n) is 6.31. The first-order valence-electron chi connectivity index (χ1n) is 9.51. The first kappa shape index (κ1) is 16.6. The van der Waals surface area contributed by atoms with E-state index < -0.39 is 0 Å². The summed E-state index contributed by atoms with van der Waals surface area (Å²) in [5.74, 6) is 1.90. The van der Waals surface area contributed by atoms with Gasteiger partial charge < -0.3 is 9.47 Å². The highest BCUT2D eigenvalue weighted by Gasteiger charge is 2.55. The molecule has 134 valence electrons. The smallest absolute Gasteiger partial charge is 0.338 e. The van der Waals surface area contributed by atoms with Crippen LogP contribution in [0.3, 0.4) is 0 Å². The zero-order chi connectivity index (χ0) is 17.4. The van der Waals surface area contributed by atoms with Gasteiger partial charge in [0.2, 0.25) is 0 Å². The summed E-state index contributed by atoms with van der Waals surface area (Å²) in [6.45, 7) is 2.43. The van der Waals surface area contributed by atoms with Crippen molar-refractivity contribution >= 4 is 11.9 Å². The van der Waals surface area contributed by atoms with E-state index in [1.165, 1.54) is 19.3 Å². The van der Waals surface area contributed by atoms with Gasteiger partial charge in [-0.25, -0.2) is 4.79 Å². The maximum absolute atomic E-state index is 12.8. The highest BCUT2D eigenvalue weighted by atomic mass is 16.5. The first-order chi connectivity index (χ1) is 12.1. The second kappa shape index (κ2) is 6.47. The zero-order valence-electron chi connectivity index (χ0n) is 14.8. The van der Waals surface area contributed by atoms with Crippen LogP contribution in [0.2, 0.25) is 0 Å². The first-order valence-corrected chi connectivity index (χ1v) is 9.51. The van der Waals surface area contributed by atoms with E-state index in [2.05, 4.69) is 0 Å². The molecule has 1 aromatic rings. The Morgan fingerprint density at radius 2 is 1.52 bits per heavy atom. The summed E-state index contributed by atoms with van der Waals surface area (Å²) < 4.78 is 10.7. The van der Waals surface area contributed by atoms with E-state index in [4.69, 9.17) is 9.47 Å². The normalized spacial score (nSPS) is 32.4. The zero-order valence-corrected chi connectivity index (χ0v) is 14.8.